The number of benzene rings is 1. The number of amides is 2. The molecule has 1 aromatic carbocycles. The Hall–Kier alpha value is -1.55. The van der Waals surface area contributed by atoms with Crippen LogP contribution in [0.3, 0.4) is 0 Å². The highest BCUT2D eigenvalue weighted by Crippen LogP contribution is 2.15. The third kappa shape index (κ3) is 4.75. The van der Waals surface area contributed by atoms with Crippen LogP contribution in [-0.2, 0) is 0 Å². The highest BCUT2D eigenvalue weighted by atomic mass is 16.3. The zero-order chi connectivity index (χ0) is 13.5. The molecule has 0 saturated carbocycles. The fourth-order valence-corrected chi connectivity index (χ4v) is 1.43. The van der Waals surface area contributed by atoms with E-state index in [0.29, 0.717) is 12.5 Å². The topological polar surface area (TPSA) is 61.4 Å². The molecule has 0 spiro atoms. The van der Waals surface area contributed by atoms with Crippen LogP contribution >= 0.6 is 0 Å². The minimum atomic E-state index is -0.488. The number of nitrogens with one attached hydrogen (secondary N) is 2. The van der Waals surface area contributed by atoms with E-state index < -0.39 is 6.10 Å². The monoisotopic (exact) mass is 250 g/mol. The van der Waals surface area contributed by atoms with Crippen molar-refractivity contribution in [2.75, 3.05) is 11.9 Å². The van der Waals surface area contributed by atoms with E-state index in [0.717, 1.165) is 17.7 Å². The Kier molecular flexibility index (Phi) is 5.65. The lowest BCUT2D eigenvalue weighted by molar-refractivity contribution is 0.199. The predicted molar refractivity (Wildman–Crippen MR) is 73.6 cm³/mol. The van der Waals surface area contributed by atoms with Gasteiger partial charge in [-0.15, -0.1) is 0 Å². The van der Waals surface area contributed by atoms with Crippen molar-refractivity contribution in [3.05, 3.63) is 29.8 Å². The minimum absolute atomic E-state index is 0.194. The van der Waals surface area contributed by atoms with Crippen LogP contribution in [0.15, 0.2) is 24.3 Å². The summed E-state index contributed by atoms with van der Waals surface area (Å²) in [6.45, 7) is 6.58. The number of urea groups is 1. The van der Waals surface area contributed by atoms with Gasteiger partial charge in [-0.05, 0) is 30.5 Å². The Bertz CT molecular complexity index is 374. The lowest BCUT2D eigenvalue weighted by atomic mass is 10.1. The standard InChI is InChI=1S/C14H22N2O2/c1-4-10(2)9-15-14(18)16-13-7-5-12(6-8-13)11(3)17/h5-8,10-11,17H,4,9H2,1-3H3,(H2,15,16,18). The molecule has 0 bridgehead atoms. The summed E-state index contributed by atoms with van der Waals surface area (Å²) in [5.74, 6) is 0.480. The molecule has 3 N–H and O–H groups in total. The van der Waals surface area contributed by atoms with E-state index in [9.17, 15) is 9.90 Å². The molecule has 0 aromatic heterocycles. The lowest BCUT2D eigenvalue weighted by Gasteiger charge is -2.12. The van der Waals surface area contributed by atoms with Gasteiger partial charge in [0.2, 0.25) is 0 Å². The van der Waals surface area contributed by atoms with Gasteiger partial charge >= 0.3 is 6.03 Å². The maximum atomic E-state index is 11.6. The number of hydrogen-bond donors (Lipinski definition) is 3. The molecule has 2 amide bonds. The van der Waals surface area contributed by atoms with Crippen LogP contribution in [0.2, 0.25) is 0 Å². The predicted octanol–water partition coefficient (Wildman–Crippen LogP) is 2.91. The number of hydrogen-bond acceptors (Lipinski definition) is 2. The lowest BCUT2D eigenvalue weighted by Crippen LogP contribution is -2.32. The molecule has 0 saturated heterocycles. The summed E-state index contributed by atoms with van der Waals surface area (Å²) in [5.41, 5.74) is 1.56. The van der Waals surface area contributed by atoms with Crippen LogP contribution in [0.25, 0.3) is 0 Å². The molecule has 18 heavy (non-hydrogen) atoms. The van der Waals surface area contributed by atoms with Crippen LogP contribution in [-0.4, -0.2) is 17.7 Å². The molecule has 0 aliphatic carbocycles. The van der Waals surface area contributed by atoms with Gasteiger partial charge in [0, 0.05) is 12.2 Å². The van der Waals surface area contributed by atoms with E-state index in [4.69, 9.17) is 0 Å². The zero-order valence-electron chi connectivity index (χ0n) is 11.2. The van der Waals surface area contributed by atoms with Gasteiger partial charge in [-0.3, -0.25) is 0 Å². The van der Waals surface area contributed by atoms with Crippen LogP contribution in [0.1, 0.15) is 38.9 Å². The Morgan fingerprint density at radius 2 is 1.89 bits per heavy atom. The first-order valence-electron chi connectivity index (χ1n) is 6.35. The number of aliphatic hydroxyl groups excluding tert-OH is 1. The molecule has 1 rings (SSSR count). The van der Waals surface area contributed by atoms with Crippen LogP contribution < -0.4 is 10.6 Å². The summed E-state index contributed by atoms with van der Waals surface area (Å²) in [6.07, 6.45) is 0.557. The molecule has 2 atom stereocenters. The first kappa shape index (κ1) is 14.5. The first-order chi connectivity index (χ1) is 8.52. The van der Waals surface area contributed by atoms with Crippen molar-refractivity contribution in [2.24, 2.45) is 5.92 Å². The molecule has 1 aromatic rings. The van der Waals surface area contributed by atoms with Crippen LogP contribution in [0.5, 0.6) is 0 Å². The molecule has 0 fully saturated rings. The summed E-state index contributed by atoms with van der Waals surface area (Å²) in [4.78, 5) is 11.6. The maximum absolute atomic E-state index is 11.6. The van der Waals surface area contributed by atoms with E-state index in [2.05, 4.69) is 24.5 Å². The molecule has 4 heteroatoms. The summed E-state index contributed by atoms with van der Waals surface area (Å²) in [5, 5.41) is 14.9. The number of carbonyl (C=O) groups is 1. The third-order valence-corrected chi connectivity index (χ3v) is 2.96. The second kappa shape index (κ2) is 7.01. The maximum Gasteiger partial charge on any atom is 0.319 e. The van der Waals surface area contributed by atoms with Gasteiger partial charge in [-0.2, -0.15) is 0 Å². The molecular weight excluding hydrogens is 228 g/mol. The Morgan fingerprint density at radius 1 is 1.28 bits per heavy atom. The summed E-state index contributed by atoms with van der Waals surface area (Å²) in [7, 11) is 0. The fourth-order valence-electron chi connectivity index (χ4n) is 1.43. The van der Waals surface area contributed by atoms with Gasteiger partial charge in [-0.25, -0.2) is 4.79 Å². The van der Waals surface area contributed by atoms with E-state index in [1.165, 1.54) is 0 Å². The molecule has 4 nitrogen and oxygen atoms in total. The molecule has 0 radical (unpaired) electrons. The Balaban J connectivity index is 2.44. The molecule has 0 aliphatic heterocycles. The largest absolute Gasteiger partial charge is 0.389 e. The second-order valence-electron chi connectivity index (χ2n) is 4.65. The molecule has 0 aliphatic rings. The first-order valence-corrected chi connectivity index (χ1v) is 6.35. The quantitative estimate of drug-likeness (QED) is 0.752. The van der Waals surface area contributed by atoms with E-state index >= 15 is 0 Å². The van der Waals surface area contributed by atoms with Gasteiger partial charge in [-0.1, -0.05) is 32.4 Å². The minimum Gasteiger partial charge on any atom is -0.389 e. The fraction of sp³-hybridized carbons (Fsp3) is 0.500. The van der Waals surface area contributed by atoms with Crippen molar-refractivity contribution in [3.63, 3.8) is 0 Å². The van der Waals surface area contributed by atoms with Gasteiger partial charge in [0.25, 0.3) is 0 Å². The Morgan fingerprint density at radius 3 is 2.39 bits per heavy atom. The highest BCUT2D eigenvalue weighted by Gasteiger charge is 2.05. The van der Waals surface area contributed by atoms with Gasteiger partial charge in [0.15, 0.2) is 0 Å². The molecule has 0 heterocycles. The van der Waals surface area contributed by atoms with Crippen molar-refractivity contribution in [2.45, 2.75) is 33.3 Å². The van der Waals surface area contributed by atoms with Gasteiger partial charge < -0.3 is 15.7 Å². The molecule has 2 unspecified atom stereocenters. The van der Waals surface area contributed by atoms with Crippen LogP contribution in [0, 0.1) is 5.92 Å². The highest BCUT2D eigenvalue weighted by molar-refractivity contribution is 5.89. The number of rotatable bonds is 5. The summed E-state index contributed by atoms with van der Waals surface area (Å²) >= 11 is 0. The average molecular weight is 250 g/mol. The SMILES string of the molecule is CCC(C)CNC(=O)Nc1ccc(C(C)O)cc1. The van der Waals surface area contributed by atoms with Crippen molar-refractivity contribution in [1.82, 2.24) is 5.32 Å². The third-order valence-electron chi connectivity index (χ3n) is 2.96. The second-order valence-corrected chi connectivity index (χ2v) is 4.65. The molecular formula is C14H22N2O2. The van der Waals surface area contributed by atoms with E-state index in [1.54, 1.807) is 31.2 Å². The zero-order valence-corrected chi connectivity index (χ0v) is 11.2. The van der Waals surface area contributed by atoms with E-state index in [1.807, 2.05) is 0 Å². The Labute approximate surface area is 108 Å². The van der Waals surface area contributed by atoms with Gasteiger partial charge in [0.1, 0.15) is 0 Å². The smallest absolute Gasteiger partial charge is 0.319 e. The van der Waals surface area contributed by atoms with Gasteiger partial charge in [0.05, 0.1) is 6.10 Å². The number of carbonyl (C=O) groups excluding carboxylic acids is 1. The summed E-state index contributed by atoms with van der Waals surface area (Å²) < 4.78 is 0. The number of aliphatic hydroxyl groups is 1. The molecule has 100 valence electrons. The van der Waals surface area contributed by atoms with Crippen molar-refractivity contribution in [3.8, 4) is 0 Å². The number of anilines is 1. The van der Waals surface area contributed by atoms with Crippen LogP contribution in [0.4, 0.5) is 10.5 Å². The van der Waals surface area contributed by atoms with Crippen molar-refractivity contribution in [1.29, 1.82) is 0 Å². The van der Waals surface area contributed by atoms with Crippen molar-refractivity contribution >= 4 is 11.7 Å². The average Bonchev–Trinajstić information content (AvgIpc) is 2.36. The van der Waals surface area contributed by atoms with Crippen molar-refractivity contribution < 1.29 is 9.90 Å². The van der Waals surface area contributed by atoms with E-state index in [-0.39, 0.29) is 6.03 Å². The normalized spacial score (nSPS) is 13.8. The summed E-state index contributed by atoms with van der Waals surface area (Å²) in [6, 6.07) is 6.97.